The zero-order chi connectivity index (χ0) is 7.47. The lowest BCUT2D eigenvalue weighted by molar-refractivity contribution is 0.0227. The fraction of sp³-hybridized carbons (Fsp3) is 1.00. The zero-order valence-corrected chi connectivity index (χ0v) is 7.21. The van der Waals surface area contributed by atoms with Gasteiger partial charge in [-0.2, -0.15) is 0 Å². The molecule has 0 N–H and O–H groups in total. The maximum atomic E-state index is 2.73. The van der Waals surface area contributed by atoms with Gasteiger partial charge in [-0.3, -0.25) is 4.90 Å². The molecule has 2 nitrogen and oxygen atoms in total. The van der Waals surface area contributed by atoms with Crippen LogP contribution in [0.15, 0.2) is 0 Å². The third-order valence-corrected chi connectivity index (χ3v) is 3.80. The van der Waals surface area contributed by atoms with Gasteiger partial charge in [0.25, 0.3) is 0 Å². The highest BCUT2D eigenvalue weighted by Gasteiger charge is 2.57. The molecule has 0 aromatic rings. The second kappa shape index (κ2) is 1.80. The normalized spacial score (nSPS) is 50.5. The largest absolute Gasteiger partial charge is 0.303 e. The van der Waals surface area contributed by atoms with Crippen LogP contribution < -0.4 is 0 Å². The maximum absolute atomic E-state index is 2.73. The molecule has 0 atom stereocenters. The first-order valence-electron chi connectivity index (χ1n) is 4.72. The van der Waals surface area contributed by atoms with Crippen LogP contribution in [0, 0.1) is 5.92 Å². The molecule has 1 saturated carbocycles. The number of hydrogen-bond acceptors (Lipinski definition) is 2. The number of nitrogens with zero attached hydrogens (tertiary/aromatic N) is 2. The molecular formula is C9H16N2. The minimum absolute atomic E-state index is 0.664. The van der Waals surface area contributed by atoms with Crippen molar-refractivity contribution >= 4 is 0 Å². The molecule has 2 bridgehead atoms. The molecule has 11 heavy (non-hydrogen) atoms. The Labute approximate surface area is 68.2 Å². The lowest BCUT2D eigenvalue weighted by Gasteiger charge is -2.48. The van der Waals surface area contributed by atoms with Crippen molar-refractivity contribution in [1.29, 1.82) is 0 Å². The summed E-state index contributed by atoms with van der Waals surface area (Å²) in [6.07, 6.45) is 2.99. The van der Waals surface area contributed by atoms with Crippen molar-refractivity contribution in [2.24, 2.45) is 5.92 Å². The van der Waals surface area contributed by atoms with Crippen molar-refractivity contribution < 1.29 is 0 Å². The predicted octanol–water partition coefficient (Wildman–Crippen LogP) is 0.396. The van der Waals surface area contributed by atoms with Gasteiger partial charge in [-0.05, 0) is 25.8 Å². The first-order valence-corrected chi connectivity index (χ1v) is 4.72. The second-order valence-electron chi connectivity index (χ2n) is 4.68. The Balaban J connectivity index is 1.86. The topological polar surface area (TPSA) is 6.48 Å². The average molecular weight is 152 g/mol. The van der Waals surface area contributed by atoms with E-state index in [4.69, 9.17) is 0 Å². The van der Waals surface area contributed by atoms with Gasteiger partial charge in [0.2, 0.25) is 0 Å². The Kier molecular flexibility index (Phi) is 1.06. The molecular weight excluding hydrogens is 136 g/mol. The van der Waals surface area contributed by atoms with E-state index < -0.39 is 0 Å². The smallest absolute Gasteiger partial charge is 0.0343 e. The number of rotatable bonds is 0. The Morgan fingerprint density at radius 2 is 2.09 bits per heavy atom. The lowest BCUT2D eigenvalue weighted by Crippen LogP contribution is -2.59. The first-order chi connectivity index (χ1) is 5.28. The van der Waals surface area contributed by atoms with E-state index in [1.165, 1.54) is 39.0 Å². The summed E-state index contributed by atoms with van der Waals surface area (Å²) >= 11 is 0. The molecule has 2 heteroatoms. The zero-order valence-electron chi connectivity index (χ0n) is 7.21. The summed E-state index contributed by atoms with van der Waals surface area (Å²) in [6.45, 7) is 5.36. The fourth-order valence-corrected chi connectivity index (χ4v) is 3.34. The molecule has 0 radical (unpaired) electrons. The third kappa shape index (κ3) is 0.695. The van der Waals surface area contributed by atoms with Gasteiger partial charge in [-0.1, -0.05) is 0 Å². The van der Waals surface area contributed by atoms with Crippen molar-refractivity contribution in [3.63, 3.8) is 0 Å². The predicted molar refractivity (Wildman–Crippen MR) is 44.5 cm³/mol. The van der Waals surface area contributed by atoms with E-state index in [2.05, 4.69) is 16.8 Å². The molecule has 1 spiro atoms. The molecule has 0 aromatic carbocycles. The molecule has 4 aliphatic rings. The van der Waals surface area contributed by atoms with E-state index in [9.17, 15) is 0 Å². The highest BCUT2D eigenvalue weighted by atomic mass is 15.3. The van der Waals surface area contributed by atoms with Gasteiger partial charge >= 0.3 is 0 Å². The van der Waals surface area contributed by atoms with Crippen LogP contribution in [0.3, 0.4) is 0 Å². The molecule has 0 aromatic heterocycles. The van der Waals surface area contributed by atoms with Gasteiger partial charge in [0, 0.05) is 31.7 Å². The SMILES string of the molecule is CN1CCN2CC3CC2(C3)C1. The van der Waals surface area contributed by atoms with Gasteiger partial charge in [0.1, 0.15) is 0 Å². The van der Waals surface area contributed by atoms with Crippen LogP contribution in [0.25, 0.3) is 0 Å². The molecule has 0 unspecified atom stereocenters. The van der Waals surface area contributed by atoms with Crippen LogP contribution in [-0.2, 0) is 0 Å². The van der Waals surface area contributed by atoms with E-state index in [0.717, 1.165) is 5.92 Å². The summed E-state index contributed by atoms with van der Waals surface area (Å²) in [5.41, 5.74) is 0.664. The van der Waals surface area contributed by atoms with Crippen LogP contribution >= 0.6 is 0 Å². The van der Waals surface area contributed by atoms with Gasteiger partial charge in [0.05, 0.1) is 0 Å². The Morgan fingerprint density at radius 3 is 2.91 bits per heavy atom. The minimum Gasteiger partial charge on any atom is -0.303 e. The Hall–Kier alpha value is -0.0800. The standard InChI is InChI=1S/C9H16N2/c1-10-2-3-11-6-8-4-9(11,5-8)7-10/h8H,2-7H2,1H3. The summed E-state index contributed by atoms with van der Waals surface area (Å²) in [6, 6.07) is 0. The van der Waals surface area contributed by atoms with Gasteiger partial charge in [-0.25, -0.2) is 0 Å². The van der Waals surface area contributed by atoms with Crippen LogP contribution in [0.1, 0.15) is 12.8 Å². The average Bonchev–Trinajstić information content (AvgIpc) is 2.38. The van der Waals surface area contributed by atoms with Crippen LogP contribution in [-0.4, -0.2) is 48.6 Å². The van der Waals surface area contributed by atoms with Crippen molar-refractivity contribution in [3.8, 4) is 0 Å². The van der Waals surface area contributed by atoms with Crippen molar-refractivity contribution in [2.75, 3.05) is 33.2 Å². The summed E-state index contributed by atoms with van der Waals surface area (Å²) in [7, 11) is 2.26. The van der Waals surface area contributed by atoms with Crippen LogP contribution in [0.5, 0.6) is 0 Å². The summed E-state index contributed by atoms with van der Waals surface area (Å²) in [5, 5.41) is 0. The third-order valence-electron chi connectivity index (χ3n) is 3.80. The summed E-state index contributed by atoms with van der Waals surface area (Å²) < 4.78 is 0. The fourth-order valence-electron chi connectivity index (χ4n) is 3.34. The Morgan fingerprint density at radius 1 is 1.27 bits per heavy atom. The van der Waals surface area contributed by atoms with E-state index in [1.54, 1.807) is 0 Å². The van der Waals surface area contributed by atoms with Crippen LogP contribution in [0.4, 0.5) is 0 Å². The van der Waals surface area contributed by atoms with E-state index in [1.807, 2.05) is 0 Å². The molecule has 0 amide bonds. The van der Waals surface area contributed by atoms with Crippen molar-refractivity contribution in [1.82, 2.24) is 9.80 Å². The second-order valence-corrected chi connectivity index (χ2v) is 4.68. The Bertz CT molecular complexity index is 184. The van der Waals surface area contributed by atoms with Crippen molar-refractivity contribution in [2.45, 2.75) is 18.4 Å². The van der Waals surface area contributed by atoms with Gasteiger partial charge in [0.15, 0.2) is 0 Å². The van der Waals surface area contributed by atoms with E-state index >= 15 is 0 Å². The van der Waals surface area contributed by atoms with E-state index in [0.29, 0.717) is 5.54 Å². The van der Waals surface area contributed by atoms with E-state index in [-0.39, 0.29) is 0 Å². The monoisotopic (exact) mass is 152 g/mol. The summed E-state index contributed by atoms with van der Waals surface area (Å²) in [5.74, 6) is 1.07. The molecule has 4 fully saturated rings. The first kappa shape index (κ1) is 6.44. The molecule has 4 rings (SSSR count). The quantitative estimate of drug-likeness (QED) is 0.495. The molecule has 3 aliphatic heterocycles. The molecule has 3 saturated heterocycles. The summed E-state index contributed by atoms with van der Waals surface area (Å²) in [4.78, 5) is 5.23. The minimum atomic E-state index is 0.664. The number of piperazine rings is 1. The number of hydrogen-bond donors (Lipinski definition) is 0. The highest BCUT2D eigenvalue weighted by molar-refractivity contribution is 5.13. The molecule has 62 valence electrons. The molecule has 3 heterocycles. The highest BCUT2D eigenvalue weighted by Crippen LogP contribution is 2.51. The van der Waals surface area contributed by atoms with Crippen molar-refractivity contribution in [3.05, 3.63) is 0 Å². The van der Waals surface area contributed by atoms with Gasteiger partial charge in [-0.15, -0.1) is 0 Å². The number of likely N-dealkylation sites (N-methyl/N-ethyl adjacent to an activating group) is 1. The maximum Gasteiger partial charge on any atom is 0.0343 e. The lowest BCUT2D eigenvalue weighted by atomic mass is 9.72. The van der Waals surface area contributed by atoms with Crippen LogP contribution in [0.2, 0.25) is 0 Å². The molecule has 1 aliphatic carbocycles. The van der Waals surface area contributed by atoms with Gasteiger partial charge < -0.3 is 4.90 Å².